The molecule has 1 amide bonds. The van der Waals surface area contributed by atoms with Crippen molar-refractivity contribution in [3.05, 3.63) is 29.5 Å². The highest BCUT2D eigenvalue weighted by Crippen LogP contribution is 2.41. The van der Waals surface area contributed by atoms with Crippen LogP contribution in [0.3, 0.4) is 0 Å². The number of carbonyl (C=O) groups is 1. The topological polar surface area (TPSA) is 96.2 Å². The van der Waals surface area contributed by atoms with Crippen molar-refractivity contribution in [3.8, 4) is 17.0 Å². The summed E-state index contributed by atoms with van der Waals surface area (Å²) in [6.45, 7) is 1.18. The molecule has 2 aliphatic rings. The summed E-state index contributed by atoms with van der Waals surface area (Å²) in [6.07, 6.45) is -1.11. The van der Waals surface area contributed by atoms with Gasteiger partial charge in [-0.25, -0.2) is 18.4 Å². The average molecular weight is 482 g/mol. The Morgan fingerprint density at radius 3 is 2.47 bits per heavy atom. The summed E-state index contributed by atoms with van der Waals surface area (Å²) in [4.78, 5) is 22.3. The Morgan fingerprint density at radius 2 is 1.85 bits per heavy atom. The zero-order chi connectivity index (χ0) is 24.4. The van der Waals surface area contributed by atoms with E-state index < -0.39 is 34.7 Å². The molecule has 0 atom stereocenters. The number of hydrogen-bond donors (Lipinski definition) is 2. The lowest BCUT2D eigenvalue weighted by molar-refractivity contribution is -0.140. The average Bonchev–Trinajstić information content (AvgIpc) is 3.31. The number of rotatable bonds is 2. The molecule has 1 aromatic carbocycles. The van der Waals surface area contributed by atoms with Crippen LogP contribution < -0.4 is 10.2 Å². The summed E-state index contributed by atoms with van der Waals surface area (Å²) >= 11 is 0. The Bertz CT molecular complexity index is 1310. The van der Waals surface area contributed by atoms with E-state index in [1.54, 1.807) is 0 Å². The van der Waals surface area contributed by atoms with Crippen LogP contribution in [-0.4, -0.2) is 49.4 Å². The fraction of sp³-hybridized carbons (Fsp3) is 0.429. The number of hydrogen-bond acceptors (Lipinski definition) is 6. The molecule has 180 valence electrons. The molecule has 0 radical (unpaired) electrons. The minimum absolute atomic E-state index is 0.0428. The van der Waals surface area contributed by atoms with E-state index in [1.807, 2.05) is 4.90 Å². The van der Waals surface area contributed by atoms with Crippen molar-refractivity contribution in [1.82, 2.24) is 25.1 Å². The third-order valence-corrected chi connectivity index (χ3v) is 6.54. The highest BCUT2D eigenvalue weighted by molar-refractivity contribution is 5.91. The third-order valence-electron chi connectivity index (χ3n) is 6.54. The predicted molar refractivity (Wildman–Crippen MR) is 110 cm³/mol. The minimum Gasteiger partial charge on any atom is -0.503 e. The zero-order valence-electron chi connectivity index (χ0n) is 17.9. The molecule has 5 rings (SSSR count). The second kappa shape index (κ2) is 7.50. The van der Waals surface area contributed by atoms with Gasteiger partial charge >= 0.3 is 6.18 Å². The van der Waals surface area contributed by atoms with E-state index in [0.717, 1.165) is 19.3 Å². The molecule has 0 aliphatic carbocycles. The quantitative estimate of drug-likeness (QED) is 0.545. The van der Waals surface area contributed by atoms with Gasteiger partial charge in [0.15, 0.2) is 23.0 Å². The van der Waals surface area contributed by atoms with Crippen LogP contribution >= 0.6 is 0 Å². The summed E-state index contributed by atoms with van der Waals surface area (Å²) in [5, 5.41) is 16.9. The molecule has 2 aromatic heterocycles. The van der Waals surface area contributed by atoms with Gasteiger partial charge in [-0.1, -0.05) is 0 Å². The zero-order valence-corrected chi connectivity index (χ0v) is 17.9. The SMILES string of the molecule is Cn1nc(-c2cc(C(F)(F)F)c(F)c(O)c2F)c2cnc(N3CCC4(CCC(=O)N4)CC3)nc21. The third kappa shape index (κ3) is 3.49. The van der Waals surface area contributed by atoms with E-state index in [0.29, 0.717) is 25.5 Å². The summed E-state index contributed by atoms with van der Waals surface area (Å²) in [5.41, 5.74) is -2.76. The van der Waals surface area contributed by atoms with Crippen LogP contribution in [0.15, 0.2) is 12.3 Å². The van der Waals surface area contributed by atoms with Crippen molar-refractivity contribution >= 4 is 22.9 Å². The molecule has 0 bridgehead atoms. The van der Waals surface area contributed by atoms with E-state index in [-0.39, 0.29) is 34.2 Å². The molecule has 0 saturated carbocycles. The van der Waals surface area contributed by atoms with Gasteiger partial charge in [-0.05, 0) is 25.3 Å². The summed E-state index contributed by atoms with van der Waals surface area (Å²) in [6, 6.07) is 0.278. The number of anilines is 1. The Hall–Kier alpha value is -3.51. The minimum atomic E-state index is -5.15. The fourth-order valence-corrected chi connectivity index (χ4v) is 4.66. The largest absolute Gasteiger partial charge is 0.503 e. The molecule has 4 heterocycles. The summed E-state index contributed by atoms with van der Waals surface area (Å²) in [7, 11) is 1.48. The Labute approximate surface area is 189 Å². The van der Waals surface area contributed by atoms with E-state index in [9.17, 15) is 31.9 Å². The van der Waals surface area contributed by atoms with Crippen LogP contribution in [0, 0.1) is 11.6 Å². The van der Waals surface area contributed by atoms with Crippen molar-refractivity contribution < 1.29 is 31.9 Å². The number of alkyl halides is 3. The van der Waals surface area contributed by atoms with Crippen LogP contribution in [0.25, 0.3) is 22.3 Å². The van der Waals surface area contributed by atoms with Gasteiger partial charge in [0.25, 0.3) is 0 Å². The highest BCUT2D eigenvalue weighted by Gasteiger charge is 2.41. The van der Waals surface area contributed by atoms with Gasteiger partial charge in [0.1, 0.15) is 5.69 Å². The van der Waals surface area contributed by atoms with Gasteiger partial charge in [-0.2, -0.15) is 23.3 Å². The van der Waals surface area contributed by atoms with Crippen LogP contribution in [0.2, 0.25) is 0 Å². The lowest BCUT2D eigenvalue weighted by atomic mass is 9.86. The molecule has 2 N–H and O–H groups in total. The Kier molecular flexibility index (Phi) is 4.92. The maximum Gasteiger partial charge on any atom is 0.419 e. The number of nitrogens with zero attached hydrogens (tertiary/aromatic N) is 5. The molecule has 2 aliphatic heterocycles. The van der Waals surface area contributed by atoms with E-state index in [2.05, 4.69) is 20.4 Å². The molecule has 3 aromatic rings. The number of halogens is 5. The highest BCUT2D eigenvalue weighted by atomic mass is 19.4. The van der Waals surface area contributed by atoms with E-state index >= 15 is 0 Å². The molecule has 0 unspecified atom stereocenters. The number of carbonyl (C=O) groups excluding carboxylic acids is 1. The van der Waals surface area contributed by atoms with Crippen molar-refractivity contribution in [1.29, 1.82) is 0 Å². The maximum absolute atomic E-state index is 14.6. The summed E-state index contributed by atoms with van der Waals surface area (Å²) in [5.74, 6) is -4.98. The van der Waals surface area contributed by atoms with Gasteiger partial charge in [0, 0.05) is 43.9 Å². The fourth-order valence-electron chi connectivity index (χ4n) is 4.66. The smallest absolute Gasteiger partial charge is 0.419 e. The first-order valence-electron chi connectivity index (χ1n) is 10.5. The first kappa shape index (κ1) is 22.3. The second-order valence-corrected chi connectivity index (χ2v) is 8.64. The van der Waals surface area contributed by atoms with Crippen LogP contribution in [0.4, 0.5) is 27.9 Å². The molecule has 8 nitrogen and oxygen atoms in total. The summed E-state index contributed by atoms with van der Waals surface area (Å²) < 4.78 is 69.4. The molecule has 34 heavy (non-hydrogen) atoms. The number of aromatic nitrogens is 4. The Balaban J connectivity index is 1.51. The van der Waals surface area contributed by atoms with Crippen molar-refractivity contribution in [2.75, 3.05) is 18.0 Å². The van der Waals surface area contributed by atoms with Gasteiger partial charge in [0.2, 0.25) is 11.9 Å². The molecular formula is C21H19F5N6O2. The van der Waals surface area contributed by atoms with Crippen LogP contribution in [0.5, 0.6) is 5.75 Å². The number of aromatic hydroxyl groups is 1. The van der Waals surface area contributed by atoms with Crippen molar-refractivity contribution in [2.24, 2.45) is 7.05 Å². The Morgan fingerprint density at radius 1 is 1.15 bits per heavy atom. The van der Waals surface area contributed by atoms with Crippen molar-refractivity contribution in [2.45, 2.75) is 37.4 Å². The van der Waals surface area contributed by atoms with Gasteiger partial charge in [0.05, 0.1) is 10.9 Å². The monoisotopic (exact) mass is 482 g/mol. The number of benzene rings is 1. The van der Waals surface area contributed by atoms with Gasteiger partial charge in [-0.3, -0.25) is 4.79 Å². The van der Waals surface area contributed by atoms with Crippen molar-refractivity contribution in [3.63, 3.8) is 0 Å². The lowest BCUT2D eigenvalue weighted by Gasteiger charge is -2.39. The first-order chi connectivity index (χ1) is 16.0. The van der Waals surface area contributed by atoms with E-state index in [1.165, 1.54) is 17.9 Å². The molecule has 13 heteroatoms. The lowest BCUT2D eigenvalue weighted by Crippen LogP contribution is -2.51. The standard InChI is InChI=1S/C21H19F5N6O2/c1-31-18-11(16(30-31)10-8-12(21(24,25)26)15(23)17(34)14(10)22)9-27-19(28-18)32-6-4-20(5-7-32)3-2-13(33)29-20/h8-9,34H,2-7H2,1H3,(H,29,33). The van der Waals surface area contributed by atoms with Gasteiger partial charge in [-0.15, -0.1) is 0 Å². The number of phenolic OH excluding ortho intramolecular Hbond substituents is 1. The van der Waals surface area contributed by atoms with Crippen LogP contribution in [-0.2, 0) is 18.0 Å². The molecule has 1 spiro atoms. The number of piperidine rings is 1. The van der Waals surface area contributed by atoms with Gasteiger partial charge < -0.3 is 15.3 Å². The first-order valence-corrected chi connectivity index (χ1v) is 10.5. The second-order valence-electron chi connectivity index (χ2n) is 8.64. The predicted octanol–water partition coefficient (Wildman–Crippen LogP) is 3.28. The number of fused-ring (bicyclic) bond motifs is 1. The number of phenols is 1. The van der Waals surface area contributed by atoms with Crippen LogP contribution in [0.1, 0.15) is 31.2 Å². The number of aryl methyl sites for hydroxylation is 1. The number of amides is 1. The number of nitrogens with one attached hydrogen (secondary N) is 1. The molecular weight excluding hydrogens is 463 g/mol. The van der Waals surface area contributed by atoms with E-state index in [4.69, 9.17) is 0 Å². The molecule has 2 fully saturated rings. The normalized spacial score (nSPS) is 18.2. The maximum atomic E-state index is 14.6. The molecule has 2 saturated heterocycles.